The Hall–Kier alpha value is -4.19. The molecule has 7 nitrogen and oxygen atoms in total. The van der Waals surface area contributed by atoms with Crippen molar-refractivity contribution in [2.75, 3.05) is 6.61 Å². The molecule has 1 amide bonds. The van der Waals surface area contributed by atoms with Gasteiger partial charge in [0.25, 0.3) is 5.91 Å². The molecule has 0 spiro atoms. The molecule has 3 aromatic rings. The van der Waals surface area contributed by atoms with Crippen LogP contribution in [0.4, 0.5) is 22.0 Å². The topological polar surface area (TPSA) is 107 Å². The van der Waals surface area contributed by atoms with Crippen molar-refractivity contribution >= 4 is 11.7 Å². The quantitative estimate of drug-likeness (QED) is 0.189. The van der Waals surface area contributed by atoms with Crippen LogP contribution in [-0.2, 0) is 16.1 Å². The molecule has 3 aromatic carbocycles. The summed E-state index contributed by atoms with van der Waals surface area (Å²) in [5, 5.41) is 9.94. The minimum absolute atomic E-state index is 0.0152. The van der Waals surface area contributed by atoms with Crippen molar-refractivity contribution in [2.45, 2.75) is 25.9 Å². The van der Waals surface area contributed by atoms with Gasteiger partial charge in [-0.25, -0.2) is 8.78 Å². The Kier molecular flexibility index (Phi) is 8.66. The van der Waals surface area contributed by atoms with Gasteiger partial charge in [-0.2, -0.15) is 0 Å². The largest absolute Gasteiger partial charge is 0.573 e. The van der Waals surface area contributed by atoms with Crippen molar-refractivity contribution in [3.8, 4) is 17.2 Å². The second kappa shape index (κ2) is 11.7. The van der Waals surface area contributed by atoms with Crippen LogP contribution in [0.5, 0.6) is 17.2 Å². The van der Waals surface area contributed by atoms with Gasteiger partial charge in [0, 0.05) is 36.9 Å². The molecular weight excluding hydrogens is 501 g/mol. The average Bonchev–Trinajstić information content (AvgIpc) is 2.81. The SMILES string of the molecule is CCO[C@H](C(=O)NCc1ccc(C(=N)N)cc1)c1c(F)cc(Oc2cccc(OC(F)(F)F)c2)cc1F. The van der Waals surface area contributed by atoms with Crippen LogP contribution in [0.3, 0.4) is 0 Å². The molecule has 0 unspecified atom stereocenters. The van der Waals surface area contributed by atoms with Crippen molar-refractivity contribution in [3.05, 3.63) is 89.0 Å². The summed E-state index contributed by atoms with van der Waals surface area (Å²) >= 11 is 0. The monoisotopic (exact) mass is 523 g/mol. The van der Waals surface area contributed by atoms with E-state index in [-0.39, 0.29) is 30.5 Å². The van der Waals surface area contributed by atoms with E-state index in [1.807, 2.05) is 0 Å². The third-order valence-electron chi connectivity index (χ3n) is 4.89. The first-order valence-electron chi connectivity index (χ1n) is 10.8. The Labute approximate surface area is 208 Å². The molecule has 12 heteroatoms. The number of amidine groups is 1. The number of hydrogen-bond acceptors (Lipinski definition) is 5. The summed E-state index contributed by atoms with van der Waals surface area (Å²) in [6.45, 7) is 1.53. The summed E-state index contributed by atoms with van der Waals surface area (Å²) < 4.78 is 81.6. The molecule has 0 saturated heterocycles. The van der Waals surface area contributed by atoms with Crippen LogP contribution in [0.25, 0.3) is 0 Å². The van der Waals surface area contributed by atoms with Crippen LogP contribution in [0.1, 0.15) is 29.7 Å². The van der Waals surface area contributed by atoms with Gasteiger partial charge in [-0.05, 0) is 24.6 Å². The minimum Gasteiger partial charge on any atom is -0.457 e. The number of amides is 1. The number of halogens is 5. The van der Waals surface area contributed by atoms with Crippen LogP contribution in [0.15, 0.2) is 60.7 Å². The summed E-state index contributed by atoms with van der Waals surface area (Å²) in [6.07, 6.45) is -6.55. The minimum atomic E-state index is -4.93. The first kappa shape index (κ1) is 27.4. The van der Waals surface area contributed by atoms with Crippen molar-refractivity contribution in [2.24, 2.45) is 5.73 Å². The van der Waals surface area contributed by atoms with E-state index in [4.69, 9.17) is 20.6 Å². The molecule has 0 aliphatic rings. The van der Waals surface area contributed by atoms with Crippen molar-refractivity contribution < 1.29 is 41.0 Å². The Morgan fingerprint density at radius 2 is 1.62 bits per heavy atom. The van der Waals surface area contributed by atoms with Crippen LogP contribution in [-0.4, -0.2) is 24.7 Å². The van der Waals surface area contributed by atoms with Gasteiger partial charge < -0.3 is 25.3 Å². The molecule has 0 saturated carbocycles. The zero-order valence-corrected chi connectivity index (χ0v) is 19.4. The molecule has 0 radical (unpaired) electrons. The molecule has 196 valence electrons. The standard InChI is InChI=1S/C25H22F5N3O4/c1-2-35-22(24(34)33-13-14-6-8-15(9-7-14)23(31)32)21-19(26)11-18(12-20(21)27)36-16-4-3-5-17(10-16)37-25(28,29)30/h3-12,22H,2,13H2,1H3,(H3,31,32)(H,33,34)/t22-/m0/s1. The van der Waals surface area contributed by atoms with E-state index in [1.165, 1.54) is 12.1 Å². The van der Waals surface area contributed by atoms with Gasteiger partial charge in [0.15, 0.2) is 6.10 Å². The van der Waals surface area contributed by atoms with Gasteiger partial charge in [0.1, 0.15) is 34.7 Å². The number of rotatable bonds is 10. The van der Waals surface area contributed by atoms with Crippen LogP contribution in [0.2, 0.25) is 0 Å². The van der Waals surface area contributed by atoms with E-state index >= 15 is 0 Å². The normalized spacial score (nSPS) is 12.1. The van der Waals surface area contributed by atoms with Crippen LogP contribution < -0.4 is 20.5 Å². The molecule has 1 atom stereocenters. The zero-order chi connectivity index (χ0) is 27.2. The maximum Gasteiger partial charge on any atom is 0.573 e. The van der Waals surface area contributed by atoms with Gasteiger partial charge in [-0.3, -0.25) is 10.2 Å². The van der Waals surface area contributed by atoms with Crippen molar-refractivity contribution in [1.29, 1.82) is 5.41 Å². The highest BCUT2D eigenvalue weighted by Gasteiger charge is 2.31. The average molecular weight is 523 g/mol. The van der Waals surface area contributed by atoms with E-state index in [2.05, 4.69) is 10.1 Å². The fraction of sp³-hybridized carbons (Fsp3) is 0.200. The summed E-state index contributed by atoms with van der Waals surface area (Å²) in [5.41, 5.74) is 5.89. The fourth-order valence-electron chi connectivity index (χ4n) is 3.28. The van der Waals surface area contributed by atoms with Crippen LogP contribution >= 0.6 is 0 Å². The second-order valence-corrected chi connectivity index (χ2v) is 7.59. The number of hydrogen-bond donors (Lipinski definition) is 3. The smallest absolute Gasteiger partial charge is 0.457 e. The predicted molar refractivity (Wildman–Crippen MR) is 123 cm³/mol. The molecule has 0 bridgehead atoms. The third kappa shape index (κ3) is 7.64. The number of alkyl halides is 3. The molecule has 0 heterocycles. The maximum absolute atomic E-state index is 14.9. The Bertz CT molecular complexity index is 1240. The van der Waals surface area contributed by atoms with Gasteiger partial charge in [0.2, 0.25) is 0 Å². The van der Waals surface area contributed by atoms with E-state index < -0.39 is 41.3 Å². The Morgan fingerprint density at radius 3 is 2.19 bits per heavy atom. The Morgan fingerprint density at radius 1 is 1.00 bits per heavy atom. The first-order valence-corrected chi connectivity index (χ1v) is 10.8. The molecule has 3 rings (SSSR count). The highest BCUT2D eigenvalue weighted by Crippen LogP contribution is 2.32. The number of carbonyl (C=O) groups excluding carboxylic acids is 1. The third-order valence-corrected chi connectivity index (χ3v) is 4.89. The number of ether oxygens (including phenoxy) is 3. The summed E-state index contributed by atoms with van der Waals surface area (Å²) in [4.78, 5) is 12.8. The summed E-state index contributed by atoms with van der Waals surface area (Å²) in [6, 6.07) is 12.4. The predicted octanol–water partition coefficient (Wildman–Crippen LogP) is 5.33. The molecule has 4 N–H and O–H groups in total. The van der Waals surface area contributed by atoms with Gasteiger partial charge >= 0.3 is 6.36 Å². The zero-order valence-electron chi connectivity index (χ0n) is 19.4. The lowest BCUT2D eigenvalue weighted by Gasteiger charge is -2.19. The van der Waals surface area contributed by atoms with Crippen molar-refractivity contribution in [1.82, 2.24) is 5.32 Å². The van der Waals surface area contributed by atoms with E-state index in [0.29, 0.717) is 11.1 Å². The van der Waals surface area contributed by atoms with Crippen LogP contribution in [0, 0.1) is 17.0 Å². The lowest BCUT2D eigenvalue weighted by Crippen LogP contribution is -2.31. The molecule has 37 heavy (non-hydrogen) atoms. The van der Waals surface area contributed by atoms with Gasteiger partial charge in [-0.1, -0.05) is 30.3 Å². The Balaban J connectivity index is 1.76. The van der Waals surface area contributed by atoms with E-state index in [1.54, 1.807) is 31.2 Å². The lowest BCUT2D eigenvalue weighted by molar-refractivity contribution is -0.274. The summed E-state index contributed by atoms with van der Waals surface area (Å²) in [7, 11) is 0. The molecule has 0 aromatic heterocycles. The summed E-state index contributed by atoms with van der Waals surface area (Å²) in [5.74, 6) is -4.33. The molecular formula is C25H22F5N3O4. The number of carbonyl (C=O) groups is 1. The van der Waals surface area contributed by atoms with Crippen molar-refractivity contribution in [3.63, 3.8) is 0 Å². The number of nitrogens with one attached hydrogen (secondary N) is 2. The highest BCUT2D eigenvalue weighted by molar-refractivity contribution is 5.94. The molecule has 0 aliphatic carbocycles. The van der Waals surface area contributed by atoms with E-state index in [0.717, 1.165) is 24.3 Å². The highest BCUT2D eigenvalue weighted by atomic mass is 19.4. The molecule has 0 aliphatic heterocycles. The van der Waals surface area contributed by atoms with Gasteiger partial charge in [0.05, 0.1) is 5.56 Å². The molecule has 0 fully saturated rings. The van der Waals surface area contributed by atoms with Gasteiger partial charge in [-0.15, -0.1) is 13.2 Å². The fourth-order valence-corrected chi connectivity index (χ4v) is 3.28. The maximum atomic E-state index is 14.9. The number of nitrogens with two attached hydrogens (primary N) is 1. The lowest BCUT2D eigenvalue weighted by atomic mass is 10.1. The van der Waals surface area contributed by atoms with E-state index in [9.17, 15) is 26.7 Å². The second-order valence-electron chi connectivity index (χ2n) is 7.59. The first-order chi connectivity index (χ1) is 17.5. The number of benzene rings is 3. The number of nitrogen functional groups attached to an aromatic ring is 1.